The summed E-state index contributed by atoms with van der Waals surface area (Å²) in [6, 6.07) is 52.2. The van der Waals surface area contributed by atoms with Crippen molar-refractivity contribution in [1.82, 2.24) is 19.9 Å². The zero-order chi connectivity index (χ0) is 55.8. The molecular weight excluding hydrogens is 1070 g/mol. The number of benzene rings is 8. The van der Waals surface area contributed by atoms with E-state index in [1.54, 1.807) is 116 Å². The number of aryl methyl sites for hydroxylation is 1. The molecular formula is C61H51BrF4N6O6. The van der Waals surface area contributed by atoms with Gasteiger partial charge >= 0.3 is 0 Å². The molecule has 0 saturated heterocycles. The summed E-state index contributed by atoms with van der Waals surface area (Å²) in [5.74, 6) is 4.87. The van der Waals surface area contributed by atoms with Gasteiger partial charge in [-0.25, -0.2) is 27.5 Å². The number of alkyl halides is 1. The molecule has 78 heavy (non-hydrogen) atoms. The van der Waals surface area contributed by atoms with E-state index in [2.05, 4.69) is 35.9 Å². The highest BCUT2D eigenvalue weighted by molar-refractivity contribution is 9.09. The van der Waals surface area contributed by atoms with Gasteiger partial charge in [0, 0.05) is 11.1 Å². The second kappa shape index (κ2) is 29.5. The van der Waals surface area contributed by atoms with E-state index in [0.29, 0.717) is 62.5 Å². The van der Waals surface area contributed by atoms with E-state index in [0.717, 1.165) is 28.3 Å². The Bertz CT molecular complexity index is 3420. The molecule has 0 aliphatic rings. The molecule has 5 N–H and O–H groups in total. The zero-order valence-corrected chi connectivity index (χ0v) is 43.8. The molecule has 0 aliphatic carbocycles. The average Bonchev–Trinajstić information content (AvgIpc) is 4.15. The Kier molecular flexibility index (Phi) is 21.8. The van der Waals surface area contributed by atoms with E-state index >= 15 is 0 Å². The molecule has 0 unspecified atom stereocenters. The number of halogens is 5. The predicted octanol–water partition coefficient (Wildman–Crippen LogP) is 16.3. The molecule has 0 amide bonds. The number of ether oxygens (including phenoxy) is 4. The number of nitrogens with two attached hydrogens (primary N) is 1. The maximum Gasteiger partial charge on any atom is 0.173 e. The van der Waals surface area contributed by atoms with Crippen molar-refractivity contribution >= 4 is 33.3 Å². The molecule has 0 spiro atoms. The first-order valence-corrected chi connectivity index (χ1v) is 24.8. The van der Waals surface area contributed by atoms with Gasteiger partial charge in [0.2, 0.25) is 0 Å². The van der Waals surface area contributed by atoms with Gasteiger partial charge < -0.3 is 34.6 Å². The van der Waals surface area contributed by atoms with E-state index in [1.807, 2.05) is 55.5 Å². The fraction of sp³-hybridized carbons (Fsp3) is 0.0656. The van der Waals surface area contributed by atoms with E-state index in [9.17, 15) is 27.2 Å². The van der Waals surface area contributed by atoms with Gasteiger partial charge in [0.25, 0.3) is 0 Å². The number of H-pyrrole nitrogens is 2. The van der Waals surface area contributed by atoms with Crippen molar-refractivity contribution in [3.8, 4) is 68.5 Å². The minimum Gasteiger partial charge on any atom is -0.457 e. The second-order valence-corrected chi connectivity index (χ2v) is 17.0. The Morgan fingerprint density at radius 2 is 0.782 bits per heavy atom. The van der Waals surface area contributed by atoms with Crippen molar-refractivity contribution in [3.05, 3.63) is 253 Å². The van der Waals surface area contributed by atoms with Crippen LogP contribution in [0.3, 0.4) is 0 Å². The Hall–Kier alpha value is -9.61. The van der Waals surface area contributed by atoms with Crippen LogP contribution in [0.5, 0.6) is 46.0 Å². The van der Waals surface area contributed by atoms with Gasteiger partial charge in [0.15, 0.2) is 11.6 Å². The van der Waals surface area contributed by atoms with E-state index < -0.39 is 0 Å². The number of hydrogen-bond acceptors (Lipinski definition) is 9. The Morgan fingerprint density at radius 3 is 1.05 bits per heavy atom. The molecule has 0 radical (unpaired) electrons. The van der Waals surface area contributed by atoms with Gasteiger partial charge in [-0.1, -0.05) is 15.9 Å². The summed E-state index contributed by atoms with van der Waals surface area (Å²) in [5, 5.41) is 6.57. The lowest BCUT2D eigenvalue weighted by Gasteiger charge is -2.06. The predicted molar refractivity (Wildman–Crippen MR) is 297 cm³/mol. The zero-order valence-electron chi connectivity index (χ0n) is 42.2. The topological polar surface area (TPSA) is 178 Å². The summed E-state index contributed by atoms with van der Waals surface area (Å²) in [5.41, 5.74) is 9.94. The number of nitrogens with zero attached hydrogens (tertiary/aromatic N) is 2. The van der Waals surface area contributed by atoms with Crippen LogP contribution in [0, 0.1) is 35.6 Å². The Labute approximate surface area is 456 Å². The van der Waals surface area contributed by atoms with Gasteiger partial charge in [-0.05, 0) is 226 Å². The molecule has 10 rings (SSSR count). The molecule has 8 aromatic carbocycles. The molecule has 12 nitrogen and oxygen atoms in total. The first kappa shape index (κ1) is 57.7. The average molecular weight is 1120 g/mol. The smallest absolute Gasteiger partial charge is 0.173 e. The molecule has 2 heterocycles. The standard InChI is InChI=1S/C16H13FN2O.C15H11FN2O.C14H10BrFO2.C14H11FO2.C2H6N2/c1-11-18-10-16(19-11)12-2-6-14(7-3-12)20-15-8-4-13(17)5-9-15;16-12-3-7-14(8-4-12)19-13-5-1-11(2-6-13)15-9-17-10-18-15;15-9-14(17)10-1-5-12(6-2-10)18-13-7-3-11(16)4-8-13;1-10(16)11-2-6-13(7-3-11)17-14-8-4-12(15)5-9-14;1-2(3)4/h2-10H,1H3,(H,18,19);1-10H,(H,17,18);1-8H,9H2;2-9H,1H3;1H3,(H3,3,4). The van der Waals surface area contributed by atoms with Crippen LogP contribution < -0.4 is 24.7 Å². The van der Waals surface area contributed by atoms with Crippen LogP contribution >= 0.6 is 15.9 Å². The van der Waals surface area contributed by atoms with Crippen LogP contribution in [0.1, 0.15) is 40.4 Å². The highest BCUT2D eigenvalue weighted by atomic mass is 79.9. The number of carbonyl (C=O) groups is 2. The normalized spacial score (nSPS) is 10.1. The molecule has 396 valence electrons. The molecule has 17 heteroatoms. The summed E-state index contributed by atoms with van der Waals surface area (Å²) >= 11 is 3.11. The summed E-state index contributed by atoms with van der Waals surface area (Å²) in [4.78, 5) is 36.8. The van der Waals surface area contributed by atoms with Crippen LogP contribution in [0.25, 0.3) is 22.5 Å². The van der Waals surface area contributed by atoms with Crippen molar-refractivity contribution < 1.29 is 46.1 Å². The lowest BCUT2D eigenvalue weighted by atomic mass is 10.1. The van der Waals surface area contributed by atoms with Gasteiger partial charge in [-0.15, -0.1) is 0 Å². The molecule has 0 fully saturated rings. The van der Waals surface area contributed by atoms with Crippen LogP contribution in [-0.2, 0) is 0 Å². The van der Waals surface area contributed by atoms with Gasteiger partial charge in [-0.2, -0.15) is 0 Å². The third-order valence-electron chi connectivity index (χ3n) is 10.3. The van der Waals surface area contributed by atoms with Crippen LogP contribution in [-0.4, -0.2) is 42.7 Å². The number of amidine groups is 1. The minimum atomic E-state index is -0.305. The quantitative estimate of drug-likeness (QED) is 0.0287. The van der Waals surface area contributed by atoms with Crippen LogP contribution in [0.4, 0.5) is 17.6 Å². The number of hydrogen-bond donors (Lipinski definition) is 4. The fourth-order valence-electron chi connectivity index (χ4n) is 6.48. The van der Waals surface area contributed by atoms with Crippen LogP contribution in [0.2, 0.25) is 0 Å². The van der Waals surface area contributed by atoms with E-state index in [-0.39, 0.29) is 40.7 Å². The first-order valence-electron chi connectivity index (χ1n) is 23.6. The molecule has 0 saturated carbocycles. The van der Waals surface area contributed by atoms with E-state index in [4.69, 9.17) is 30.1 Å². The lowest BCUT2D eigenvalue weighted by Crippen LogP contribution is -2.00. The van der Waals surface area contributed by atoms with Crippen molar-refractivity contribution in [1.29, 1.82) is 5.41 Å². The van der Waals surface area contributed by atoms with Crippen molar-refractivity contribution in [3.63, 3.8) is 0 Å². The molecule has 0 atom stereocenters. The number of aromatic nitrogens is 4. The molecule has 10 aromatic rings. The first-order chi connectivity index (χ1) is 37.6. The highest BCUT2D eigenvalue weighted by Crippen LogP contribution is 2.28. The Balaban J connectivity index is 0.000000165. The maximum absolute atomic E-state index is 12.8. The van der Waals surface area contributed by atoms with Gasteiger partial charge in [0.05, 0.1) is 41.3 Å². The van der Waals surface area contributed by atoms with Crippen molar-refractivity contribution in [2.75, 3.05) is 5.33 Å². The maximum atomic E-state index is 12.8. The van der Waals surface area contributed by atoms with Gasteiger partial charge in [-0.3, -0.25) is 15.0 Å². The molecule has 0 aliphatic heterocycles. The fourth-order valence-corrected chi connectivity index (χ4v) is 6.81. The summed E-state index contributed by atoms with van der Waals surface area (Å²) < 4.78 is 73.2. The van der Waals surface area contributed by atoms with E-state index in [1.165, 1.54) is 62.4 Å². The molecule has 0 bridgehead atoms. The van der Waals surface area contributed by atoms with Crippen molar-refractivity contribution in [2.24, 2.45) is 5.73 Å². The van der Waals surface area contributed by atoms with Crippen LogP contribution in [0.15, 0.2) is 213 Å². The third-order valence-corrected chi connectivity index (χ3v) is 10.8. The summed E-state index contributed by atoms with van der Waals surface area (Å²) in [7, 11) is 0. The monoisotopic (exact) mass is 1120 g/mol. The number of ketones is 2. The largest absolute Gasteiger partial charge is 0.457 e. The third kappa shape index (κ3) is 19.6. The number of imidazole rings is 2. The second-order valence-electron chi connectivity index (χ2n) is 16.5. The summed E-state index contributed by atoms with van der Waals surface area (Å²) in [6.07, 6.45) is 5.19. The Morgan fingerprint density at radius 1 is 0.487 bits per heavy atom. The minimum absolute atomic E-state index is 0.0123. The molecule has 2 aromatic heterocycles. The number of nitrogens with one attached hydrogen (secondary N) is 3. The lowest BCUT2D eigenvalue weighted by molar-refractivity contribution is 0.101. The van der Waals surface area contributed by atoms with Gasteiger partial charge in [0.1, 0.15) is 75.1 Å². The number of rotatable bonds is 13. The number of Topliss-reactive ketones (excluding diaryl/α,β-unsaturated/α-hetero) is 2. The highest BCUT2D eigenvalue weighted by Gasteiger charge is 2.07. The number of aromatic amines is 2. The van der Waals surface area contributed by atoms with Crippen molar-refractivity contribution in [2.45, 2.75) is 20.8 Å². The summed E-state index contributed by atoms with van der Waals surface area (Å²) in [6.45, 7) is 4.95. The SMILES string of the molecule is CC(=N)N.CC(=O)c1ccc(Oc2ccc(F)cc2)cc1.Cc1ncc(-c2ccc(Oc3ccc(F)cc3)cc2)[nH]1.Fc1ccc(Oc2ccc(-c3cnc[nH]3)cc2)cc1.O=C(CBr)c1ccc(Oc2ccc(F)cc2)cc1. The number of carbonyl (C=O) groups excluding carboxylic acids is 2.